The summed E-state index contributed by atoms with van der Waals surface area (Å²) >= 11 is 6.42. The highest BCUT2D eigenvalue weighted by Crippen LogP contribution is 2.47. The topological polar surface area (TPSA) is 62.3 Å². The van der Waals surface area contributed by atoms with Gasteiger partial charge in [0.2, 0.25) is 0 Å². The first-order valence-electron chi connectivity index (χ1n) is 9.05. The van der Waals surface area contributed by atoms with Crippen LogP contribution >= 0.6 is 11.6 Å². The number of rotatable bonds is 5. The zero-order chi connectivity index (χ0) is 20.4. The maximum atomic E-state index is 6.46. The summed E-state index contributed by atoms with van der Waals surface area (Å²) in [4.78, 5) is 0. The zero-order valence-corrected chi connectivity index (χ0v) is 16.9. The molecule has 1 heterocycles. The van der Waals surface area contributed by atoms with Crippen LogP contribution in [0, 0.1) is 0 Å². The largest absolute Gasteiger partial charge is 0.494 e. The molecule has 0 aliphatic heterocycles. The van der Waals surface area contributed by atoms with E-state index in [1.54, 1.807) is 25.1 Å². The van der Waals surface area contributed by atoms with Crippen LogP contribution in [0.15, 0.2) is 72.9 Å². The SMILES string of the molecule is COc1c(-c2ccccc2)cc(-c2ccnn2-c2ccccc2Cl)c(OC)c1N. The van der Waals surface area contributed by atoms with Crippen LogP contribution in [0.3, 0.4) is 0 Å². The Bertz CT molecular complexity index is 1160. The molecule has 2 N–H and O–H groups in total. The second kappa shape index (κ2) is 7.89. The van der Waals surface area contributed by atoms with E-state index in [4.69, 9.17) is 26.8 Å². The third-order valence-corrected chi connectivity index (χ3v) is 5.08. The molecule has 4 rings (SSSR count). The van der Waals surface area contributed by atoms with Crippen LogP contribution in [0.5, 0.6) is 11.5 Å². The molecule has 146 valence electrons. The second-order valence-electron chi connectivity index (χ2n) is 6.40. The normalized spacial score (nSPS) is 10.7. The van der Waals surface area contributed by atoms with Gasteiger partial charge in [-0.15, -0.1) is 0 Å². The summed E-state index contributed by atoms with van der Waals surface area (Å²) in [6, 6.07) is 21.4. The number of nitrogen functional groups attached to an aromatic ring is 1. The lowest BCUT2D eigenvalue weighted by atomic mass is 9.98. The number of benzene rings is 3. The van der Waals surface area contributed by atoms with Gasteiger partial charge < -0.3 is 15.2 Å². The van der Waals surface area contributed by atoms with Gasteiger partial charge in [0, 0.05) is 11.1 Å². The van der Waals surface area contributed by atoms with Crippen LogP contribution in [0.4, 0.5) is 5.69 Å². The number of hydrogen-bond donors (Lipinski definition) is 1. The van der Waals surface area contributed by atoms with E-state index in [1.165, 1.54) is 0 Å². The molecule has 29 heavy (non-hydrogen) atoms. The Hall–Kier alpha value is -3.44. The van der Waals surface area contributed by atoms with E-state index in [0.29, 0.717) is 22.2 Å². The lowest BCUT2D eigenvalue weighted by Gasteiger charge is -2.19. The lowest BCUT2D eigenvalue weighted by molar-refractivity contribution is 0.400. The van der Waals surface area contributed by atoms with Crippen LogP contribution in [-0.2, 0) is 0 Å². The maximum absolute atomic E-state index is 6.46. The molecule has 0 atom stereocenters. The van der Waals surface area contributed by atoms with Crippen molar-refractivity contribution >= 4 is 17.3 Å². The predicted octanol–water partition coefficient (Wildman–Crippen LogP) is 5.46. The Morgan fingerprint density at radius 3 is 2.21 bits per heavy atom. The minimum Gasteiger partial charge on any atom is -0.494 e. The second-order valence-corrected chi connectivity index (χ2v) is 6.80. The number of anilines is 1. The molecule has 0 amide bonds. The first kappa shape index (κ1) is 18.9. The number of nitrogens with zero attached hydrogens (tertiary/aromatic N) is 2. The van der Waals surface area contributed by atoms with Crippen molar-refractivity contribution in [2.24, 2.45) is 0 Å². The van der Waals surface area contributed by atoms with E-state index in [2.05, 4.69) is 5.10 Å². The molecule has 1 aromatic heterocycles. The quantitative estimate of drug-likeness (QED) is 0.448. The van der Waals surface area contributed by atoms with Gasteiger partial charge in [0.05, 0.1) is 36.8 Å². The van der Waals surface area contributed by atoms with Crippen molar-refractivity contribution in [3.05, 3.63) is 77.9 Å². The van der Waals surface area contributed by atoms with Gasteiger partial charge in [-0.25, -0.2) is 4.68 Å². The molecule has 0 bridgehead atoms. The van der Waals surface area contributed by atoms with Gasteiger partial charge in [-0.05, 0) is 29.8 Å². The Kier molecular flexibility index (Phi) is 5.14. The van der Waals surface area contributed by atoms with Gasteiger partial charge in [-0.1, -0.05) is 54.1 Å². The number of halogens is 1. The van der Waals surface area contributed by atoms with E-state index >= 15 is 0 Å². The minimum atomic E-state index is 0.429. The van der Waals surface area contributed by atoms with E-state index in [0.717, 1.165) is 28.1 Å². The van der Waals surface area contributed by atoms with E-state index in [9.17, 15) is 0 Å². The molecule has 0 radical (unpaired) electrons. The average molecular weight is 406 g/mol. The minimum absolute atomic E-state index is 0.429. The van der Waals surface area contributed by atoms with Crippen LogP contribution < -0.4 is 15.2 Å². The molecule has 0 saturated heterocycles. The van der Waals surface area contributed by atoms with Crippen LogP contribution in [0.2, 0.25) is 5.02 Å². The number of methoxy groups -OCH3 is 2. The van der Waals surface area contributed by atoms with Gasteiger partial charge in [0.15, 0.2) is 11.5 Å². The highest BCUT2D eigenvalue weighted by Gasteiger charge is 2.22. The van der Waals surface area contributed by atoms with Crippen LogP contribution in [-0.4, -0.2) is 24.0 Å². The fourth-order valence-corrected chi connectivity index (χ4v) is 3.67. The summed E-state index contributed by atoms with van der Waals surface area (Å²) < 4.78 is 13.1. The van der Waals surface area contributed by atoms with Crippen molar-refractivity contribution in [3.63, 3.8) is 0 Å². The summed E-state index contributed by atoms with van der Waals surface area (Å²) in [6.45, 7) is 0. The number of ether oxygens (including phenoxy) is 2. The van der Waals surface area contributed by atoms with Crippen molar-refractivity contribution in [2.45, 2.75) is 0 Å². The fraction of sp³-hybridized carbons (Fsp3) is 0.0870. The van der Waals surface area contributed by atoms with E-state index in [-0.39, 0.29) is 0 Å². The van der Waals surface area contributed by atoms with Crippen LogP contribution in [0.1, 0.15) is 0 Å². The average Bonchev–Trinajstić information content (AvgIpc) is 3.23. The smallest absolute Gasteiger partial charge is 0.155 e. The van der Waals surface area contributed by atoms with Crippen LogP contribution in [0.25, 0.3) is 28.1 Å². The third kappa shape index (κ3) is 3.30. The van der Waals surface area contributed by atoms with Crippen molar-refractivity contribution in [1.29, 1.82) is 0 Å². The van der Waals surface area contributed by atoms with E-state index in [1.807, 2.05) is 66.7 Å². The maximum Gasteiger partial charge on any atom is 0.155 e. The molecule has 4 aromatic rings. The van der Waals surface area contributed by atoms with Gasteiger partial charge in [0.25, 0.3) is 0 Å². The van der Waals surface area contributed by atoms with Crippen molar-refractivity contribution < 1.29 is 9.47 Å². The number of para-hydroxylation sites is 1. The molecular formula is C23H20ClN3O2. The van der Waals surface area contributed by atoms with Gasteiger partial charge in [0.1, 0.15) is 5.69 Å². The standard InChI is InChI=1S/C23H20ClN3O2/c1-28-22-16(15-8-4-3-5-9-15)14-17(23(29-2)21(22)25)19-12-13-26-27(19)20-11-7-6-10-18(20)24/h3-14H,25H2,1-2H3. The number of hydrogen-bond acceptors (Lipinski definition) is 4. The molecule has 0 saturated carbocycles. The monoisotopic (exact) mass is 405 g/mol. The van der Waals surface area contributed by atoms with Gasteiger partial charge in [-0.2, -0.15) is 5.10 Å². The summed E-state index contributed by atoms with van der Waals surface area (Å²) in [7, 11) is 3.19. The number of aromatic nitrogens is 2. The fourth-order valence-electron chi connectivity index (χ4n) is 3.45. The summed E-state index contributed by atoms with van der Waals surface area (Å²) in [5.41, 5.74) is 11.1. The molecule has 3 aromatic carbocycles. The molecule has 0 unspecified atom stereocenters. The Labute approximate surface area is 174 Å². The molecule has 6 heteroatoms. The number of nitrogens with two attached hydrogens (primary N) is 1. The predicted molar refractivity (Wildman–Crippen MR) is 117 cm³/mol. The first-order valence-corrected chi connectivity index (χ1v) is 9.42. The molecular weight excluding hydrogens is 386 g/mol. The molecule has 0 aliphatic rings. The van der Waals surface area contributed by atoms with Crippen molar-refractivity contribution in [1.82, 2.24) is 9.78 Å². The Morgan fingerprint density at radius 2 is 1.52 bits per heavy atom. The summed E-state index contributed by atoms with van der Waals surface area (Å²) in [6.07, 6.45) is 1.72. The molecule has 0 aliphatic carbocycles. The van der Waals surface area contributed by atoms with E-state index < -0.39 is 0 Å². The zero-order valence-electron chi connectivity index (χ0n) is 16.1. The Morgan fingerprint density at radius 1 is 0.862 bits per heavy atom. The summed E-state index contributed by atoms with van der Waals surface area (Å²) in [5.74, 6) is 1.09. The third-order valence-electron chi connectivity index (χ3n) is 4.76. The molecule has 0 spiro atoms. The van der Waals surface area contributed by atoms with Crippen molar-refractivity contribution in [2.75, 3.05) is 20.0 Å². The Balaban J connectivity index is 2.00. The summed E-state index contributed by atoms with van der Waals surface area (Å²) in [5, 5.41) is 5.08. The molecule has 0 fully saturated rings. The lowest BCUT2D eigenvalue weighted by Crippen LogP contribution is -2.04. The first-order chi connectivity index (χ1) is 14.2. The van der Waals surface area contributed by atoms with Gasteiger partial charge >= 0.3 is 0 Å². The highest BCUT2D eigenvalue weighted by atomic mass is 35.5. The molecule has 5 nitrogen and oxygen atoms in total. The van der Waals surface area contributed by atoms with Crippen molar-refractivity contribution in [3.8, 4) is 39.6 Å². The van der Waals surface area contributed by atoms with Gasteiger partial charge in [-0.3, -0.25) is 0 Å². The highest BCUT2D eigenvalue weighted by molar-refractivity contribution is 6.32.